The molecule has 3 aliphatic heterocycles. The number of carbonyl (C=O) groups is 3. The van der Waals surface area contributed by atoms with Crippen LogP contribution in [0.5, 0.6) is 17.2 Å². The quantitative estimate of drug-likeness (QED) is 0.363. The van der Waals surface area contributed by atoms with Gasteiger partial charge in [-0.15, -0.1) is 0 Å². The van der Waals surface area contributed by atoms with Crippen LogP contribution in [0.1, 0.15) is 64.9 Å². The molecule has 3 aliphatic rings. The third-order valence-electron chi connectivity index (χ3n) is 7.93. The Morgan fingerprint density at radius 2 is 1.98 bits per heavy atom. The number of carboxylic acid groups (broad SMARTS) is 1. The van der Waals surface area contributed by atoms with Crippen molar-refractivity contribution in [2.75, 3.05) is 53.2 Å². The molecule has 1 aromatic rings. The molecule has 222 valence electrons. The largest absolute Gasteiger partial charge is 0.493 e. The van der Waals surface area contributed by atoms with Crippen molar-refractivity contribution >= 4 is 17.8 Å². The number of nitrogens with zero attached hydrogens (tertiary/aromatic N) is 3. The van der Waals surface area contributed by atoms with E-state index in [1.807, 2.05) is 29.7 Å². The number of aliphatic carboxylic acids is 1. The van der Waals surface area contributed by atoms with E-state index in [0.717, 1.165) is 18.4 Å². The van der Waals surface area contributed by atoms with E-state index in [1.165, 1.54) is 12.2 Å². The molecule has 11 heteroatoms. The van der Waals surface area contributed by atoms with Crippen LogP contribution in [0.15, 0.2) is 12.1 Å². The van der Waals surface area contributed by atoms with Gasteiger partial charge >= 0.3 is 5.97 Å². The summed E-state index contributed by atoms with van der Waals surface area (Å²) in [7, 11) is 1.53. The summed E-state index contributed by atoms with van der Waals surface area (Å²) >= 11 is 0. The first-order valence-electron chi connectivity index (χ1n) is 14.2. The highest BCUT2D eigenvalue weighted by Crippen LogP contribution is 2.47. The number of carbonyl (C=O) groups excluding carboxylic acids is 2. The Morgan fingerprint density at radius 3 is 2.60 bits per heavy atom. The molecule has 0 radical (unpaired) electrons. The predicted octanol–water partition coefficient (Wildman–Crippen LogP) is 3.12. The molecular weight excluding hydrogens is 518 g/mol. The SMILES string of the molecule is CCCON(CCC)C(=O)CN1C[C@H](c2cc(OC)c3c(c2)OCO3)[C@@H](C(=O)O)[C@@H]1CCN1CC(C)(C)CC1=O. The van der Waals surface area contributed by atoms with E-state index in [9.17, 15) is 19.5 Å². The van der Waals surface area contributed by atoms with E-state index in [-0.39, 0.29) is 30.6 Å². The first-order valence-corrected chi connectivity index (χ1v) is 14.2. The molecule has 1 N–H and O–H groups in total. The van der Waals surface area contributed by atoms with Gasteiger partial charge in [-0.05, 0) is 42.4 Å². The normalized spacial score (nSPS) is 23.6. The highest BCUT2D eigenvalue weighted by Gasteiger charge is 2.48. The van der Waals surface area contributed by atoms with E-state index in [1.54, 1.807) is 6.07 Å². The third kappa shape index (κ3) is 6.46. The van der Waals surface area contributed by atoms with E-state index >= 15 is 0 Å². The van der Waals surface area contributed by atoms with Gasteiger partial charge in [-0.2, -0.15) is 0 Å². The molecule has 4 rings (SSSR count). The lowest BCUT2D eigenvalue weighted by atomic mass is 9.84. The number of benzene rings is 1. The third-order valence-corrected chi connectivity index (χ3v) is 7.93. The van der Waals surface area contributed by atoms with Gasteiger partial charge in [0.1, 0.15) is 0 Å². The molecule has 0 aliphatic carbocycles. The number of fused-ring (bicyclic) bond motifs is 1. The number of rotatable bonds is 13. The minimum atomic E-state index is -0.942. The van der Waals surface area contributed by atoms with E-state index in [0.29, 0.717) is 62.9 Å². The molecule has 0 unspecified atom stereocenters. The number of hydrogen-bond donors (Lipinski definition) is 1. The topological polar surface area (TPSA) is 118 Å². The number of likely N-dealkylation sites (tertiary alicyclic amines) is 2. The van der Waals surface area contributed by atoms with Gasteiger partial charge in [0, 0.05) is 44.6 Å². The molecule has 0 saturated carbocycles. The maximum absolute atomic E-state index is 13.4. The number of methoxy groups -OCH3 is 1. The van der Waals surface area contributed by atoms with Crippen LogP contribution < -0.4 is 14.2 Å². The molecule has 0 spiro atoms. The molecule has 2 amide bonds. The second-order valence-corrected chi connectivity index (χ2v) is 11.7. The molecule has 2 fully saturated rings. The Bertz CT molecular complexity index is 1090. The Balaban J connectivity index is 1.63. The average molecular weight is 562 g/mol. The summed E-state index contributed by atoms with van der Waals surface area (Å²) < 4.78 is 16.7. The lowest BCUT2D eigenvalue weighted by Gasteiger charge is -2.30. The van der Waals surface area contributed by atoms with Crippen molar-refractivity contribution in [3.63, 3.8) is 0 Å². The van der Waals surface area contributed by atoms with Crippen LogP contribution in [0, 0.1) is 11.3 Å². The van der Waals surface area contributed by atoms with Gasteiger partial charge in [-0.25, -0.2) is 5.06 Å². The molecule has 3 heterocycles. The molecule has 11 nitrogen and oxygen atoms in total. The Labute approximate surface area is 236 Å². The maximum atomic E-state index is 13.4. The number of carboxylic acids is 1. The van der Waals surface area contributed by atoms with Gasteiger partial charge < -0.3 is 24.2 Å². The zero-order valence-corrected chi connectivity index (χ0v) is 24.3. The summed E-state index contributed by atoms with van der Waals surface area (Å²) in [4.78, 5) is 48.4. The van der Waals surface area contributed by atoms with Crippen LogP contribution in [-0.2, 0) is 19.2 Å². The Kier molecular flexibility index (Phi) is 9.45. The van der Waals surface area contributed by atoms with Crippen molar-refractivity contribution in [3.05, 3.63) is 17.7 Å². The number of hydrogen-bond acceptors (Lipinski definition) is 8. The molecule has 2 saturated heterocycles. The monoisotopic (exact) mass is 561 g/mol. The molecule has 40 heavy (non-hydrogen) atoms. The predicted molar refractivity (Wildman–Crippen MR) is 146 cm³/mol. The summed E-state index contributed by atoms with van der Waals surface area (Å²) in [6.07, 6.45) is 2.43. The second-order valence-electron chi connectivity index (χ2n) is 11.7. The first kappa shape index (κ1) is 29.9. The van der Waals surface area contributed by atoms with Gasteiger partial charge in [-0.1, -0.05) is 27.7 Å². The van der Waals surface area contributed by atoms with E-state index in [4.69, 9.17) is 19.0 Å². The fourth-order valence-electron chi connectivity index (χ4n) is 6.15. The summed E-state index contributed by atoms with van der Waals surface area (Å²) in [5.74, 6) is -0.812. The number of amides is 2. The fourth-order valence-corrected chi connectivity index (χ4v) is 6.15. The fraction of sp³-hybridized carbons (Fsp3) is 0.690. The second kappa shape index (κ2) is 12.6. The van der Waals surface area contributed by atoms with E-state index < -0.39 is 23.8 Å². The van der Waals surface area contributed by atoms with Crippen LogP contribution >= 0.6 is 0 Å². The molecule has 0 bridgehead atoms. The highest BCUT2D eigenvalue weighted by atomic mass is 16.7. The molecule has 3 atom stereocenters. The van der Waals surface area contributed by atoms with Crippen molar-refractivity contribution in [1.29, 1.82) is 0 Å². The highest BCUT2D eigenvalue weighted by molar-refractivity contribution is 5.80. The average Bonchev–Trinajstić information content (AvgIpc) is 3.59. The smallest absolute Gasteiger partial charge is 0.308 e. The standard InChI is InChI=1S/C29H43N3O8/c1-6-9-32(40-11-7-2)25(34)16-31-15-20(19-12-22(37-5)27-23(13-19)38-18-39-27)26(28(35)36)21(31)8-10-30-17-29(3,4)14-24(30)33/h12-13,20-21,26H,6-11,14-18H2,1-5H3,(H,35,36)/t20-,21+,26-/m1/s1. The zero-order chi connectivity index (χ0) is 29.0. The van der Waals surface area contributed by atoms with Crippen LogP contribution in [0.3, 0.4) is 0 Å². The lowest BCUT2D eigenvalue weighted by molar-refractivity contribution is -0.188. The van der Waals surface area contributed by atoms with Gasteiger partial charge in [0.15, 0.2) is 11.5 Å². The zero-order valence-electron chi connectivity index (χ0n) is 24.3. The van der Waals surface area contributed by atoms with Gasteiger partial charge in [-0.3, -0.25) is 24.1 Å². The summed E-state index contributed by atoms with van der Waals surface area (Å²) in [6.45, 7) is 10.5. The van der Waals surface area contributed by atoms with Crippen LogP contribution in [-0.4, -0.2) is 97.0 Å². The number of hydroxylamine groups is 2. The van der Waals surface area contributed by atoms with Crippen LogP contribution in [0.25, 0.3) is 0 Å². The van der Waals surface area contributed by atoms with Crippen molar-refractivity contribution in [2.45, 2.75) is 65.3 Å². The van der Waals surface area contributed by atoms with Crippen molar-refractivity contribution < 1.29 is 38.5 Å². The maximum Gasteiger partial charge on any atom is 0.308 e. The minimum Gasteiger partial charge on any atom is -0.493 e. The Hall–Kier alpha value is -3.05. The summed E-state index contributed by atoms with van der Waals surface area (Å²) in [5, 5.41) is 11.9. The van der Waals surface area contributed by atoms with E-state index in [2.05, 4.69) is 13.8 Å². The summed E-state index contributed by atoms with van der Waals surface area (Å²) in [6, 6.07) is 3.15. The summed E-state index contributed by atoms with van der Waals surface area (Å²) in [5.41, 5.74) is 0.636. The van der Waals surface area contributed by atoms with Gasteiger partial charge in [0.25, 0.3) is 5.91 Å². The van der Waals surface area contributed by atoms with Crippen molar-refractivity contribution in [3.8, 4) is 17.2 Å². The minimum absolute atomic E-state index is 0.0236. The molecule has 1 aromatic carbocycles. The van der Waals surface area contributed by atoms with Crippen LogP contribution in [0.2, 0.25) is 0 Å². The van der Waals surface area contributed by atoms with Gasteiger partial charge in [0.2, 0.25) is 18.4 Å². The first-order chi connectivity index (χ1) is 19.1. The molecule has 0 aromatic heterocycles. The van der Waals surface area contributed by atoms with Gasteiger partial charge in [0.05, 0.1) is 26.2 Å². The van der Waals surface area contributed by atoms with Crippen molar-refractivity contribution in [1.82, 2.24) is 14.9 Å². The number of ether oxygens (including phenoxy) is 3. The van der Waals surface area contributed by atoms with Crippen LogP contribution in [0.4, 0.5) is 0 Å². The Morgan fingerprint density at radius 1 is 1.20 bits per heavy atom. The molecular formula is C29H43N3O8. The lowest BCUT2D eigenvalue weighted by Crippen LogP contribution is -2.45. The van der Waals surface area contributed by atoms with Crippen molar-refractivity contribution in [2.24, 2.45) is 11.3 Å².